The highest BCUT2D eigenvalue weighted by atomic mass is 35.5. The zero-order valence-corrected chi connectivity index (χ0v) is 10.9. The minimum absolute atomic E-state index is 0.127. The van der Waals surface area contributed by atoms with Crippen LogP contribution < -0.4 is 5.69 Å². The van der Waals surface area contributed by atoms with Crippen molar-refractivity contribution in [1.82, 2.24) is 14.3 Å². The van der Waals surface area contributed by atoms with Gasteiger partial charge in [-0.25, -0.2) is 9.48 Å². The molecular weight excluding hydrogens is 277 g/mol. The van der Waals surface area contributed by atoms with Crippen molar-refractivity contribution in [3.8, 4) is 0 Å². The first kappa shape index (κ1) is 12.9. The topological polar surface area (TPSA) is 56.9 Å². The van der Waals surface area contributed by atoms with Gasteiger partial charge in [-0.3, -0.25) is 9.36 Å². The van der Waals surface area contributed by atoms with E-state index in [9.17, 15) is 9.59 Å². The fourth-order valence-electron chi connectivity index (χ4n) is 1.43. The number of Topliss-reactive ketones (excluding diaryl/α,β-unsaturated/α-hetero) is 1. The first-order valence-electron chi connectivity index (χ1n) is 5.05. The van der Waals surface area contributed by atoms with Gasteiger partial charge >= 0.3 is 5.69 Å². The molecule has 0 saturated carbocycles. The van der Waals surface area contributed by atoms with Crippen LogP contribution in [0.25, 0.3) is 0 Å². The number of carbonyl (C=O) groups is 1. The number of hydrogen-bond donors (Lipinski definition) is 0. The number of carbonyl (C=O) groups excluding carboxylic acids is 1. The van der Waals surface area contributed by atoms with Crippen molar-refractivity contribution in [3.63, 3.8) is 0 Å². The first-order valence-corrected chi connectivity index (χ1v) is 5.81. The van der Waals surface area contributed by atoms with Crippen LogP contribution in [0.5, 0.6) is 0 Å². The summed E-state index contributed by atoms with van der Waals surface area (Å²) in [5, 5.41) is 4.49. The minimum Gasteiger partial charge on any atom is -0.292 e. The lowest BCUT2D eigenvalue weighted by molar-refractivity contribution is 0.0966. The summed E-state index contributed by atoms with van der Waals surface area (Å²) in [6.45, 7) is -0.127. The maximum absolute atomic E-state index is 11.9. The van der Waals surface area contributed by atoms with E-state index in [-0.39, 0.29) is 18.0 Å². The van der Waals surface area contributed by atoms with E-state index in [0.717, 1.165) is 4.68 Å². The Labute approximate surface area is 113 Å². The van der Waals surface area contributed by atoms with Crippen LogP contribution in [0.15, 0.2) is 29.3 Å². The van der Waals surface area contributed by atoms with E-state index in [0.29, 0.717) is 15.6 Å². The number of halogens is 2. The second kappa shape index (κ2) is 4.96. The Bertz CT molecular complexity index is 661. The molecule has 0 bridgehead atoms. The maximum atomic E-state index is 11.9. The summed E-state index contributed by atoms with van der Waals surface area (Å²) < 4.78 is 2.38. The van der Waals surface area contributed by atoms with Gasteiger partial charge in [0, 0.05) is 12.6 Å². The van der Waals surface area contributed by atoms with Gasteiger partial charge in [-0.05, 0) is 18.2 Å². The highest BCUT2D eigenvalue weighted by Gasteiger charge is 2.11. The average Bonchev–Trinajstić information content (AvgIpc) is 2.64. The van der Waals surface area contributed by atoms with E-state index < -0.39 is 0 Å². The Morgan fingerprint density at radius 2 is 2.06 bits per heavy atom. The van der Waals surface area contributed by atoms with E-state index >= 15 is 0 Å². The Morgan fingerprint density at radius 1 is 1.33 bits per heavy atom. The molecule has 0 spiro atoms. The molecular formula is C11H9Cl2N3O2. The van der Waals surface area contributed by atoms with Crippen LogP contribution >= 0.6 is 23.2 Å². The van der Waals surface area contributed by atoms with Crippen molar-refractivity contribution in [2.75, 3.05) is 0 Å². The van der Waals surface area contributed by atoms with Crippen molar-refractivity contribution in [2.24, 2.45) is 7.05 Å². The SMILES string of the molecule is Cn1cnn(CC(=O)c2ccc(Cl)c(Cl)c2)c1=O. The summed E-state index contributed by atoms with van der Waals surface area (Å²) in [4.78, 5) is 23.4. The quantitative estimate of drug-likeness (QED) is 0.808. The second-order valence-corrected chi connectivity index (χ2v) is 4.55. The van der Waals surface area contributed by atoms with Gasteiger partial charge in [0.1, 0.15) is 12.9 Å². The normalized spacial score (nSPS) is 10.6. The molecule has 0 N–H and O–H groups in total. The van der Waals surface area contributed by atoms with Crippen molar-refractivity contribution >= 4 is 29.0 Å². The van der Waals surface area contributed by atoms with Gasteiger partial charge in [-0.1, -0.05) is 23.2 Å². The van der Waals surface area contributed by atoms with Crippen molar-refractivity contribution in [2.45, 2.75) is 6.54 Å². The molecule has 1 heterocycles. The predicted octanol–water partition coefficient (Wildman–Crippen LogP) is 1.77. The molecule has 0 aliphatic rings. The summed E-state index contributed by atoms with van der Waals surface area (Å²) in [6, 6.07) is 4.57. The molecule has 2 rings (SSSR count). The van der Waals surface area contributed by atoms with Crippen LogP contribution in [0.2, 0.25) is 10.0 Å². The molecule has 0 amide bonds. The Kier molecular flexibility index (Phi) is 3.54. The molecule has 0 radical (unpaired) electrons. The third-order valence-corrected chi connectivity index (χ3v) is 3.16. The van der Waals surface area contributed by atoms with Crippen LogP contribution in [0, 0.1) is 0 Å². The summed E-state index contributed by atoms with van der Waals surface area (Å²) in [5.41, 5.74) is 0.0466. The van der Waals surface area contributed by atoms with E-state index in [1.165, 1.54) is 23.0 Å². The number of benzene rings is 1. The van der Waals surface area contributed by atoms with Crippen LogP contribution in [0.4, 0.5) is 0 Å². The fourth-order valence-corrected chi connectivity index (χ4v) is 1.72. The maximum Gasteiger partial charge on any atom is 0.345 e. The monoisotopic (exact) mass is 285 g/mol. The molecule has 0 aliphatic carbocycles. The van der Waals surface area contributed by atoms with Gasteiger partial charge < -0.3 is 0 Å². The third kappa shape index (κ3) is 2.47. The lowest BCUT2D eigenvalue weighted by Gasteiger charge is -2.02. The molecule has 94 valence electrons. The molecule has 7 heteroatoms. The fraction of sp³-hybridized carbons (Fsp3) is 0.182. The molecule has 1 aromatic carbocycles. The predicted molar refractivity (Wildman–Crippen MR) is 68.3 cm³/mol. The van der Waals surface area contributed by atoms with Gasteiger partial charge in [0.15, 0.2) is 5.78 Å². The number of ketones is 1. The molecule has 0 aliphatic heterocycles. The lowest BCUT2D eigenvalue weighted by Crippen LogP contribution is -2.26. The molecule has 2 aromatic rings. The first-order chi connectivity index (χ1) is 8.49. The van der Waals surface area contributed by atoms with Crippen LogP contribution in [-0.4, -0.2) is 20.1 Å². The standard InChI is InChI=1S/C11H9Cl2N3O2/c1-15-6-14-16(11(15)18)5-10(17)7-2-3-8(12)9(13)4-7/h2-4,6H,5H2,1H3. The summed E-state index contributed by atoms with van der Waals surface area (Å²) in [6.07, 6.45) is 1.35. The van der Waals surface area contributed by atoms with Crippen molar-refractivity contribution in [3.05, 3.63) is 50.6 Å². The third-order valence-electron chi connectivity index (χ3n) is 2.42. The van der Waals surface area contributed by atoms with Gasteiger partial charge in [0.05, 0.1) is 10.0 Å². The summed E-state index contributed by atoms with van der Waals surface area (Å²) in [5.74, 6) is -0.255. The lowest BCUT2D eigenvalue weighted by atomic mass is 10.1. The highest BCUT2D eigenvalue weighted by molar-refractivity contribution is 6.42. The molecule has 0 fully saturated rings. The number of rotatable bonds is 3. The Morgan fingerprint density at radius 3 is 2.61 bits per heavy atom. The summed E-state index contributed by atoms with van der Waals surface area (Å²) in [7, 11) is 1.56. The number of aryl methyl sites for hydroxylation is 1. The Balaban J connectivity index is 2.25. The largest absolute Gasteiger partial charge is 0.345 e. The van der Waals surface area contributed by atoms with Crippen molar-refractivity contribution < 1.29 is 4.79 Å². The van der Waals surface area contributed by atoms with Gasteiger partial charge in [-0.15, -0.1) is 0 Å². The zero-order chi connectivity index (χ0) is 13.3. The average molecular weight is 286 g/mol. The van der Waals surface area contributed by atoms with E-state index in [1.54, 1.807) is 13.1 Å². The molecule has 5 nitrogen and oxygen atoms in total. The van der Waals surface area contributed by atoms with Crippen LogP contribution in [0.3, 0.4) is 0 Å². The number of hydrogen-bond acceptors (Lipinski definition) is 3. The van der Waals surface area contributed by atoms with Crippen LogP contribution in [-0.2, 0) is 13.6 Å². The van der Waals surface area contributed by atoms with Gasteiger partial charge in [0.2, 0.25) is 0 Å². The number of aromatic nitrogens is 3. The minimum atomic E-state index is -0.344. The van der Waals surface area contributed by atoms with Gasteiger partial charge in [-0.2, -0.15) is 5.10 Å². The Hall–Kier alpha value is -1.59. The summed E-state index contributed by atoms with van der Waals surface area (Å²) >= 11 is 11.6. The number of nitrogens with zero attached hydrogens (tertiary/aromatic N) is 3. The molecule has 0 atom stereocenters. The highest BCUT2D eigenvalue weighted by Crippen LogP contribution is 2.22. The van der Waals surface area contributed by atoms with E-state index in [4.69, 9.17) is 23.2 Å². The molecule has 0 unspecified atom stereocenters. The van der Waals surface area contributed by atoms with E-state index in [1.807, 2.05) is 0 Å². The van der Waals surface area contributed by atoms with Gasteiger partial charge in [0.25, 0.3) is 0 Å². The molecule has 1 aromatic heterocycles. The second-order valence-electron chi connectivity index (χ2n) is 3.73. The smallest absolute Gasteiger partial charge is 0.292 e. The zero-order valence-electron chi connectivity index (χ0n) is 9.43. The van der Waals surface area contributed by atoms with Crippen LogP contribution in [0.1, 0.15) is 10.4 Å². The molecule has 0 saturated heterocycles. The van der Waals surface area contributed by atoms with E-state index in [2.05, 4.69) is 5.10 Å². The molecule has 18 heavy (non-hydrogen) atoms. The van der Waals surface area contributed by atoms with Crippen molar-refractivity contribution in [1.29, 1.82) is 0 Å².